The maximum atomic E-state index is 12.9. The number of anilines is 1. The second-order valence-electron chi connectivity index (χ2n) is 5.89. The topological polar surface area (TPSA) is 46.2 Å². The van der Waals surface area contributed by atoms with Crippen molar-refractivity contribution in [3.05, 3.63) is 90.2 Å². The maximum Gasteiger partial charge on any atom is 0.224 e. The van der Waals surface area contributed by atoms with Crippen molar-refractivity contribution in [2.24, 2.45) is 0 Å². The van der Waals surface area contributed by atoms with Gasteiger partial charge in [0.15, 0.2) is 5.78 Å². The number of para-hydroxylation sites is 1. The van der Waals surface area contributed by atoms with E-state index in [1.54, 1.807) is 0 Å². The molecule has 0 unspecified atom stereocenters. The molecule has 3 nitrogen and oxygen atoms in total. The number of carbonyl (C=O) groups excluding carboxylic acids is 2. The minimum atomic E-state index is -0.392. The summed E-state index contributed by atoms with van der Waals surface area (Å²) in [5.74, 6) is -0.808. The van der Waals surface area contributed by atoms with Crippen LogP contribution in [0.5, 0.6) is 0 Å². The van der Waals surface area contributed by atoms with Gasteiger partial charge in [-0.1, -0.05) is 48.5 Å². The Morgan fingerprint density at radius 2 is 1.42 bits per heavy atom. The highest BCUT2D eigenvalue weighted by molar-refractivity contribution is 6.01. The first-order chi connectivity index (χ1) is 12.6. The van der Waals surface area contributed by atoms with Crippen molar-refractivity contribution in [3.63, 3.8) is 0 Å². The number of ketones is 1. The van der Waals surface area contributed by atoms with Gasteiger partial charge < -0.3 is 5.32 Å². The van der Waals surface area contributed by atoms with Gasteiger partial charge in [0.2, 0.25) is 5.91 Å². The Bertz CT molecular complexity index is 905. The minimum absolute atomic E-state index is 0.0688. The predicted octanol–water partition coefficient (Wildman–Crippen LogP) is 5.09. The van der Waals surface area contributed by atoms with Gasteiger partial charge in [-0.25, -0.2) is 4.39 Å². The lowest BCUT2D eigenvalue weighted by Crippen LogP contribution is -2.14. The van der Waals surface area contributed by atoms with E-state index >= 15 is 0 Å². The molecule has 0 aliphatic carbocycles. The highest BCUT2D eigenvalue weighted by Crippen LogP contribution is 2.27. The zero-order chi connectivity index (χ0) is 18.4. The Balaban J connectivity index is 1.64. The number of amides is 1. The molecule has 1 N–H and O–H groups in total. The molecule has 0 saturated heterocycles. The molecule has 26 heavy (non-hydrogen) atoms. The van der Waals surface area contributed by atoms with E-state index in [-0.39, 0.29) is 24.5 Å². The van der Waals surface area contributed by atoms with Crippen LogP contribution in [0.4, 0.5) is 10.1 Å². The first kappa shape index (κ1) is 17.5. The number of carbonyl (C=O) groups is 2. The van der Waals surface area contributed by atoms with Crippen molar-refractivity contribution < 1.29 is 14.0 Å². The van der Waals surface area contributed by atoms with Crippen LogP contribution in [0.15, 0.2) is 78.9 Å². The van der Waals surface area contributed by atoms with Gasteiger partial charge in [-0.2, -0.15) is 0 Å². The van der Waals surface area contributed by atoms with Crippen molar-refractivity contribution in [2.75, 3.05) is 5.32 Å². The Morgan fingerprint density at radius 3 is 2.15 bits per heavy atom. The van der Waals surface area contributed by atoms with E-state index in [0.717, 1.165) is 11.1 Å². The van der Waals surface area contributed by atoms with Gasteiger partial charge in [0, 0.05) is 29.7 Å². The summed E-state index contributed by atoms with van der Waals surface area (Å²) in [6, 6.07) is 22.6. The Labute approximate surface area is 151 Å². The zero-order valence-corrected chi connectivity index (χ0v) is 14.1. The second-order valence-corrected chi connectivity index (χ2v) is 5.89. The summed E-state index contributed by atoms with van der Waals surface area (Å²) in [5.41, 5.74) is 3.04. The quantitative estimate of drug-likeness (QED) is 0.631. The van der Waals surface area contributed by atoms with Gasteiger partial charge in [-0.15, -0.1) is 0 Å². The lowest BCUT2D eigenvalue weighted by molar-refractivity contribution is -0.116. The van der Waals surface area contributed by atoms with Gasteiger partial charge in [0.05, 0.1) is 0 Å². The summed E-state index contributed by atoms with van der Waals surface area (Å²) in [6.07, 6.45) is 0.143. The number of hydrogen-bond donors (Lipinski definition) is 1. The lowest BCUT2D eigenvalue weighted by atomic mass is 10.0. The van der Waals surface area contributed by atoms with Crippen molar-refractivity contribution >= 4 is 17.4 Å². The molecule has 0 saturated carbocycles. The van der Waals surface area contributed by atoms with Gasteiger partial charge in [-0.3, -0.25) is 9.59 Å². The van der Waals surface area contributed by atoms with E-state index in [9.17, 15) is 14.0 Å². The molecule has 0 bridgehead atoms. The second kappa shape index (κ2) is 8.21. The van der Waals surface area contributed by atoms with E-state index < -0.39 is 5.82 Å². The van der Waals surface area contributed by atoms with Crippen LogP contribution < -0.4 is 5.32 Å². The third-order valence-electron chi connectivity index (χ3n) is 4.03. The molecule has 0 fully saturated rings. The summed E-state index contributed by atoms with van der Waals surface area (Å²) >= 11 is 0. The Morgan fingerprint density at radius 1 is 0.769 bits per heavy atom. The molecule has 0 aromatic heterocycles. The van der Waals surface area contributed by atoms with Crippen LogP contribution in [0.3, 0.4) is 0 Å². The summed E-state index contributed by atoms with van der Waals surface area (Å²) < 4.78 is 12.9. The van der Waals surface area contributed by atoms with Crippen LogP contribution in [-0.4, -0.2) is 11.7 Å². The SMILES string of the molecule is O=C(CCC(=O)c1ccc(F)cc1)Nc1ccccc1-c1ccccc1. The monoisotopic (exact) mass is 347 g/mol. The fraction of sp³-hybridized carbons (Fsp3) is 0.0909. The molecule has 0 radical (unpaired) electrons. The number of halogens is 1. The molecule has 3 aromatic carbocycles. The van der Waals surface area contributed by atoms with Gasteiger partial charge in [0.1, 0.15) is 5.82 Å². The smallest absolute Gasteiger partial charge is 0.224 e. The van der Waals surface area contributed by atoms with Crippen LogP contribution in [0.1, 0.15) is 23.2 Å². The van der Waals surface area contributed by atoms with Gasteiger partial charge in [-0.05, 0) is 35.9 Å². The minimum Gasteiger partial charge on any atom is -0.326 e. The molecule has 0 atom stereocenters. The highest BCUT2D eigenvalue weighted by atomic mass is 19.1. The molecule has 1 amide bonds. The molecular formula is C22H18FNO2. The summed E-state index contributed by atoms with van der Waals surface area (Å²) in [4.78, 5) is 24.4. The Hall–Kier alpha value is -3.27. The number of benzene rings is 3. The number of nitrogens with one attached hydrogen (secondary N) is 1. The molecule has 0 aliphatic rings. The molecule has 4 heteroatoms. The average molecular weight is 347 g/mol. The van der Waals surface area contributed by atoms with Crippen molar-refractivity contribution in [3.8, 4) is 11.1 Å². The molecular weight excluding hydrogens is 329 g/mol. The molecule has 3 rings (SSSR count). The fourth-order valence-corrected chi connectivity index (χ4v) is 2.68. The number of rotatable bonds is 6. The van der Waals surface area contributed by atoms with Crippen LogP contribution in [0.2, 0.25) is 0 Å². The van der Waals surface area contributed by atoms with Crippen LogP contribution in [-0.2, 0) is 4.79 Å². The summed E-state index contributed by atoms with van der Waals surface area (Å²) in [6.45, 7) is 0. The first-order valence-corrected chi connectivity index (χ1v) is 8.36. The van der Waals surface area contributed by atoms with Crippen LogP contribution in [0.25, 0.3) is 11.1 Å². The molecule has 0 spiro atoms. The third kappa shape index (κ3) is 4.42. The standard InChI is InChI=1S/C22H18FNO2/c23-18-12-10-17(11-13-18)21(25)14-15-22(26)24-20-9-5-4-8-19(20)16-6-2-1-3-7-16/h1-13H,14-15H2,(H,24,26). The van der Waals surface area contributed by atoms with E-state index in [0.29, 0.717) is 11.3 Å². The first-order valence-electron chi connectivity index (χ1n) is 8.36. The largest absolute Gasteiger partial charge is 0.326 e. The molecule has 0 heterocycles. The maximum absolute atomic E-state index is 12.9. The van der Waals surface area contributed by atoms with E-state index in [4.69, 9.17) is 0 Å². The fourth-order valence-electron chi connectivity index (χ4n) is 2.68. The predicted molar refractivity (Wildman–Crippen MR) is 100 cm³/mol. The van der Waals surface area contributed by atoms with Gasteiger partial charge >= 0.3 is 0 Å². The number of hydrogen-bond acceptors (Lipinski definition) is 2. The van der Waals surface area contributed by atoms with Gasteiger partial charge in [0.25, 0.3) is 0 Å². The molecule has 0 aliphatic heterocycles. The van der Waals surface area contributed by atoms with Crippen molar-refractivity contribution in [2.45, 2.75) is 12.8 Å². The van der Waals surface area contributed by atoms with Crippen LogP contribution in [0, 0.1) is 5.82 Å². The summed E-state index contributed by atoms with van der Waals surface area (Å²) in [7, 11) is 0. The highest BCUT2D eigenvalue weighted by Gasteiger charge is 2.11. The number of Topliss-reactive ketones (excluding diaryl/α,β-unsaturated/α-hetero) is 1. The lowest BCUT2D eigenvalue weighted by Gasteiger charge is -2.11. The third-order valence-corrected chi connectivity index (χ3v) is 4.03. The molecule has 3 aromatic rings. The summed E-state index contributed by atoms with van der Waals surface area (Å²) in [5, 5.41) is 2.87. The zero-order valence-electron chi connectivity index (χ0n) is 14.1. The van der Waals surface area contributed by atoms with Crippen molar-refractivity contribution in [1.29, 1.82) is 0 Å². The van der Waals surface area contributed by atoms with Crippen molar-refractivity contribution in [1.82, 2.24) is 0 Å². The Kier molecular flexibility index (Phi) is 5.54. The normalized spacial score (nSPS) is 10.3. The van der Waals surface area contributed by atoms with E-state index in [2.05, 4.69) is 5.32 Å². The van der Waals surface area contributed by atoms with Crippen LogP contribution >= 0.6 is 0 Å². The van der Waals surface area contributed by atoms with E-state index in [1.165, 1.54) is 24.3 Å². The van der Waals surface area contributed by atoms with E-state index in [1.807, 2.05) is 54.6 Å². The molecule has 130 valence electrons. The average Bonchev–Trinajstić information content (AvgIpc) is 2.68.